The molecule has 5 heteroatoms. The van der Waals surface area contributed by atoms with Crippen molar-refractivity contribution in [3.8, 4) is 0 Å². The zero-order valence-corrected chi connectivity index (χ0v) is 11.8. The van der Waals surface area contributed by atoms with Gasteiger partial charge in [-0.1, -0.05) is 12.1 Å². The molecule has 3 aliphatic rings. The molecule has 1 spiro atoms. The van der Waals surface area contributed by atoms with Crippen molar-refractivity contribution in [2.75, 3.05) is 13.2 Å². The van der Waals surface area contributed by atoms with Crippen LogP contribution in [-0.2, 0) is 9.53 Å². The molecule has 0 aromatic heterocycles. The number of nitrogens with zero attached hydrogens (tertiary/aromatic N) is 1. The molecule has 112 valence electrons. The summed E-state index contributed by atoms with van der Waals surface area (Å²) >= 11 is 0. The highest BCUT2D eigenvalue weighted by atomic mass is 19.1. The first-order valence-corrected chi connectivity index (χ1v) is 7.63. The van der Waals surface area contributed by atoms with Gasteiger partial charge in [0.1, 0.15) is 17.5 Å². The topological polar surface area (TPSA) is 41.6 Å². The molecule has 21 heavy (non-hydrogen) atoms. The summed E-state index contributed by atoms with van der Waals surface area (Å²) in [4.78, 5) is 14.7. The highest BCUT2D eigenvalue weighted by Gasteiger charge is 2.60. The van der Waals surface area contributed by atoms with E-state index in [4.69, 9.17) is 4.74 Å². The molecule has 0 radical (unpaired) electrons. The molecular formula is C16H19FN2O2. The van der Waals surface area contributed by atoms with E-state index in [0.717, 1.165) is 37.9 Å². The predicted molar refractivity (Wildman–Crippen MR) is 74.9 cm³/mol. The summed E-state index contributed by atoms with van der Waals surface area (Å²) in [6.45, 7) is 1.34. The zero-order chi connectivity index (χ0) is 14.4. The number of rotatable bonds is 2. The number of benzene rings is 1. The van der Waals surface area contributed by atoms with Gasteiger partial charge in [0, 0.05) is 6.61 Å². The van der Waals surface area contributed by atoms with Crippen LogP contribution in [0.4, 0.5) is 4.39 Å². The fourth-order valence-corrected chi connectivity index (χ4v) is 3.48. The number of ether oxygens (including phenoxy) is 1. The van der Waals surface area contributed by atoms with E-state index in [9.17, 15) is 9.18 Å². The summed E-state index contributed by atoms with van der Waals surface area (Å²) in [5.74, 6) is -0.106. The fraction of sp³-hybridized carbons (Fsp3) is 0.562. The number of hydrogen-bond acceptors (Lipinski definition) is 3. The first-order chi connectivity index (χ1) is 10.2. The van der Waals surface area contributed by atoms with E-state index in [1.165, 1.54) is 12.1 Å². The predicted octanol–water partition coefficient (Wildman–Crippen LogP) is 1.97. The molecule has 1 amide bonds. The van der Waals surface area contributed by atoms with E-state index in [0.29, 0.717) is 6.61 Å². The van der Waals surface area contributed by atoms with Crippen LogP contribution in [0.15, 0.2) is 24.3 Å². The van der Waals surface area contributed by atoms with E-state index in [1.54, 1.807) is 6.07 Å². The third kappa shape index (κ3) is 2.15. The van der Waals surface area contributed by atoms with Crippen LogP contribution in [0.5, 0.6) is 0 Å². The molecular weight excluding hydrogens is 271 g/mol. The van der Waals surface area contributed by atoms with Crippen molar-refractivity contribution < 1.29 is 13.9 Å². The Kier molecular flexibility index (Phi) is 3.01. The molecule has 2 atom stereocenters. The highest BCUT2D eigenvalue weighted by molar-refractivity contribution is 5.92. The van der Waals surface area contributed by atoms with Gasteiger partial charge in [-0.2, -0.15) is 0 Å². The van der Waals surface area contributed by atoms with E-state index >= 15 is 0 Å². The SMILES string of the molecule is O=C1N(C2CCCOC2)C(c2cccc(F)c2)NC12CC2. The van der Waals surface area contributed by atoms with Gasteiger partial charge in [-0.3, -0.25) is 10.1 Å². The molecule has 3 fully saturated rings. The summed E-state index contributed by atoms with van der Waals surface area (Å²) in [6.07, 6.45) is 3.44. The zero-order valence-electron chi connectivity index (χ0n) is 11.8. The summed E-state index contributed by atoms with van der Waals surface area (Å²) in [5.41, 5.74) is 0.423. The quantitative estimate of drug-likeness (QED) is 0.905. The second-order valence-corrected chi connectivity index (χ2v) is 6.27. The molecule has 1 aliphatic carbocycles. The normalized spacial score (nSPS) is 30.9. The second-order valence-electron chi connectivity index (χ2n) is 6.27. The van der Waals surface area contributed by atoms with Crippen molar-refractivity contribution in [1.29, 1.82) is 0 Å². The lowest BCUT2D eigenvalue weighted by Crippen LogP contribution is -2.45. The maximum atomic E-state index is 13.5. The minimum atomic E-state index is -0.394. The number of halogens is 1. The first kappa shape index (κ1) is 13.2. The van der Waals surface area contributed by atoms with Crippen LogP contribution >= 0.6 is 0 Å². The Bertz CT molecular complexity index is 567. The standard InChI is InChI=1S/C16H19FN2O2/c17-12-4-1-3-11(9-12)14-18-16(6-7-16)15(20)19(14)13-5-2-8-21-10-13/h1,3-4,9,13-14,18H,2,5-8,10H2. The number of carbonyl (C=O) groups is 1. The number of amides is 1. The Morgan fingerprint density at radius 2 is 2.24 bits per heavy atom. The van der Waals surface area contributed by atoms with E-state index in [-0.39, 0.29) is 23.9 Å². The smallest absolute Gasteiger partial charge is 0.244 e. The Morgan fingerprint density at radius 3 is 2.90 bits per heavy atom. The lowest BCUT2D eigenvalue weighted by atomic mass is 10.1. The summed E-state index contributed by atoms with van der Waals surface area (Å²) in [6, 6.07) is 6.62. The van der Waals surface area contributed by atoms with Crippen molar-refractivity contribution in [3.63, 3.8) is 0 Å². The summed E-state index contributed by atoms with van der Waals surface area (Å²) in [5, 5.41) is 3.44. The number of hydrogen-bond donors (Lipinski definition) is 1. The monoisotopic (exact) mass is 290 g/mol. The van der Waals surface area contributed by atoms with Gasteiger partial charge in [-0.25, -0.2) is 4.39 Å². The van der Waals surface area contributed by atoms with Crippen molar-refractivity contribution in [2.24, 2.45) is 0 Å². The van der Waals surface area contributed by atoms with E-state index in [1.807, 2.05) is 11.0 Å². The van der Waals surface area contributed by atoms with Crippen LogP contribution in [-0.4, -0.2) is 35.6 Å². The molecule has 0 bridgehead atoms. The molecule has 1 saturated carbocycles. The van der Waals surface area contributed by atoms with Crippen molar-refractivity contribution >= 4 is 5.91 Å². The number of carbonyl (C=O) groups excluding carboxylic acids is 1. The average Bonchev–Trinajstić information content (AvgIpc) is 3.22. The highest BCUT2D eigenvalue weighted by Crippen LogP contribution is 2.47. The van der Waals surface area contributed by atoms with Gasteiger partial charge >= 0.3 is 0 Å². The molecule has 1 aromatic carbocycles. The van der Waals surface area contributed by atoms with Gasteiger partial charge in [0.05, 0.1) is 12.6 Å². The lowest BCUT2D eigenvalue weighted by molar-refractivity contribution is -0.136. The summed E-state index contributed by atoms with van der Waals surface area (Å²) in [7, 11) is 0. The Labute approximate surface area is 123 Å². The molecule has 2 unspecified atom stereocenters. The minimum Gasteiger partial charge on any atom is -0.379 e. The summed E-state index contributed by atoms with van der Waals surface area (Å²) < 4.78 is 19.1. The van der Waals surface area contributed by atoms with Gasteiger partial charge in [0.2, 0.25) is 5.91 Å². The maximum Gasteiger partial charge on any atom is 0.244 e. The lowest BCUT2D eigenvalue weighted by Gasteiger charge is -2.35. The van der Waals surface area contributed by atoms with Gasteiger partial charge < -0.3 is 9.64 Å². The Balaban J connectivity index is 1.68. The second kappa shape index (κ2) is 4.78. The fourth-order valence-electron chi connectivity index (χ4n) is 3.48. The van der Waals surface area contributed by atoms with Crippen molar-refractivity contribution in [2.45, 2.75) is 43.4 Å². The largest absolute Gasteiger partial charge is 0.379 e. The van der Waals surface area contributed by atoms with Gasteiger partial charge in [0.25, 0.3) is 0 Å². The van der Waals surface area contributed by atoms with Gasteiger partial charge in [-0.05, 0) is 43.4 Å². The third-order valence-electron chi connectivity index (χ3n) is 4.78. The molecule has 2 heterocycles. The third-order valence-corrected chi connectivity index (χ3v) is 4.78. The molecule has 1 aromatic rings. The van der Waals surface area contributed by atoms with Crippen molar-refractivity contribution in [3.05, 3.63) is 35.6 Å². The first-order valence-electron chi connectivity index (χ1n) is 7.63. The van der Waals surface area contributed by atoms with Gasteiger partial charge in [-0.15, -0.1) is 0 Å². The van der Waals surface area contributed by atoms with E-state index in [2.05, 4.69) is 5.32 Å². The van der Waals surface area contributed by atoms with Crippen molar-refractivity contribution in [1.82, 2.24) is 10.2 Å². The van der Waals surface area contributed by atoms with E-state index < -0.39 is 5.54 Å². The van der Waals surface area contributed by atoms with Crippen LogP contribution in [0.2, 0.25) is 0 Å². The van der Waals surface area contributed by atoms with Crippen LogP contribution in [0.25, 0.3) is 0 Å². The molecule has 4 rings (SSSR count). The molecule has 2 aliphatic heterocycles. The van der Waals surface area contributed by atoms with Crippen LogP contribution in [0, 0.1) is 5.82 Å². The molecule has 4 nitrogen and oxygen atoms in total. The molecule has 1 N–H and O–H groups in total. The van der Waals surface area contributed by atoms with Gasteiger partial charge in [0.15, 0.2) is 0 Å². The van der Waals surface area contributed by atoms with Crippen LogP contribution in [0.3, 0.4) is 0 Å². The molecule has 2 saturated heterocycles. The number of nitrogens with one attached hydrogen (secondary N) is 1. The van der Waals surface area contributed by atoms with Crippen LogP contribution in [0.1, 0.15) is 37.4 Å². The Hall–Kier alpha value is -1.46. The Morgan fingerprint density at radius 1 is 1.38 bits per heavy atom. The van der Waals surface area contributed by atoms with Crippen LogP contribution < -0.4 is 5.32 Å². The maximum absolute atomic E-state index is 13.5. The average molecular weight is 290 g/mol. The minimum absolute atomic E-state index is 0.0898.